The van der Waals surface area contributed by atoms with Gasteiger partial charge >= 0.3 is 0 Å². The first-order chi connectivity index (χ1) is 10.3. The number of aryl methyl sites for hydroxylation is 1. The second kappa shape index (κ2) is 6.51. The number of sulfone groups is 1. The number of thiophene rings is 1. The Labute approximate surface area is 145 Å². The zero-order valence-electron chi connectivity index (χ0n) is 13.0. The fourth-order valence-electron chi connectivity index (χ4n) is 2.81. The lowest BCUT2D eigenvalue weighted by molar-refractivity contribution is 0.373. The van der Waals surface area contributed by atoms with Crippen molar-refractivity contribution in [2.24, 2.45) is 5.73 Å². The quantitative estimate of drug-likeness (QED) is 0.879. The molecule has 0 atom stereocenters. The van der Waals surface area contributed by atoms with E-state index in [-0.39, 0.29) is 18.2 Å². The molecule has 0 spiro atoms. The molecule has 2 N–H and O–H groups in total. The lowest BCUT2D eigenvalue weighted by atomic mass is 9.99. The number of halogens is 1. The molecule has 1 aliphatic rings. The maximum absolute atomic E-state index is 11.5. The number of nitrogens with two attached hydrogens (primary N) is 1. The van der Waals surface area contributed by atoms with E-state index < -0.39 is 15.4 Å². The summed E-state index contributed by atoms with van der Waals surface area (Å²) < 4.78 is 28.3. The summed E-state index contributed by atoms with van der Waals surface area (Å²) in [6.45, 7) is 1.90. The smallest absolute Gasteiger partial charge is 0.268 e. The van der Waals surface area contributed by atoms with Crippen molar-refractivity contribution in [3.8, 4) is 10.8 Å². The molecule has 0 amide bonds. The SMILES string of the molecule is Cc1sc(-c2nc(C3(N)CCCC3)no2)cc1CS(C)(=O)=O.Cl. The summed E-state index contributed by atoms with van der Waals surface area (Å²) in [5, 5.41) is 4.04. The zero-order valence-corrected chi connectivity index (χ0v) is 15.5. The first-order valence-corrected chi connectivity index (χ1v) is 10.0. The summed E-state index contributed by atoms with van der Waals surface area (Å²) >= 11 is 1.46. The van der Waals surface area contributed by atoms with Gasteiger partial charge in [0, 0.05) is 11.1 Å². The number of hydrogen-bond donors (Lipinski definition) is 1. The number of aromatic nitrogens is 2. The summed E-state index contributed by atoms with van der Waals surface area (Å²) in [6, 6.07) is 1.82. The molecule has 3 rings (SSSR count). The van der Waals surface area contributed by atoms with Crippen LogP contribution in [0, 0.1) is 6.92 Å². The molecule has 0 radical (unpaired) electrons. The fourth-order valence-corrected chi connectivity index (χ4v) is 4.73. The molecule has 6 nitrogen and oxygen atoms in total. The van der Waals surface area contributed by atoms with E-state index in [4.69, 9.17) is 10.3 Å². The Morgan fingerprint density at radius 1 is 1.39 bits per heavy atom. The molecule has 128 valence electrons. The maximum atomic E-state index is 11.5. The number of rotatable bonds is 4. The Balaban J connectivity index is 0.00000192. The average Bonchev–Trinajstić information content (AvgIpc) is 3.09. The summed E-state index contributed by atoms with van der Waals surface area (Å²) in [6.07, 6.45) is 5.13. The molecule has 2 aromatic rings. The molecule has 0 saturated heterocycles. The molecule has 23 heavy (non-hydrogen) atoms. The predicted octanol–water partition coefficient (Wildman–Crippen LogP) is 2.80. The van der Waals surface area contributed by atoms with Gasteiger partial charge in [0.1, 0.15) is 0 Å². The summed E-state index contributed by atoms with van der Waals surface area (Å²) in [4.78, 5) is 6.18. The fraction of sp³-hybridized carbons (Fsp3) is 0.571. The van der Waals surface area contributed by atoms with Crippen LogP contribution in [-0.4, -0.2) is 24.8 Å². The highest BCUT2D eigenvalue weighted by molar-refractivity contribution is 7.89. The Morgan fingerprint density at radius 2 is 2.04 bits per heavy atom. The summed E-state index contributed by atoms with van der Waals surface area (Å²) in [5.74, 6) is 0.993. The molecular weight excluding hydrogens is 358 g/mol. The van der Waals surface area contributed by atoms with Gasteiger partial charge in [0.2, 0.25) is 0 Å². The lowest BCUT2D eigenvalue weighted by Gasteiger charge is -2.17. The third kappa shape index (κ3) is 3.93. The minimum Gasteiger partial charge on any atom is -0.333 e. The first-order valence-electron chi connectivity index (χ1n) is 7.17. The minimum absolute atomic E-state index is 0. The van der Waals surface area contributed by atoms with Crippen molar-refractivity contribution in [3.05, 3.63) is 22.3 Å². The van der Waals surface area contributed by atoms with Gasteiger partial charge in [-0.25, -0.2) is 8.42 Å². The van der Waals surface area contributed by atoms with Crippen molar-refractivity contribution < 1.29 is 12.9 Å². The zero-order chi connectivity index (χ0) is 16.0. The molecular formula is C14H20ClN3O3S2. The van der Waals surface area contributed by atoms with Crippen molar-refractivity contribution in [2.75, 3.05) is 6.26 Å². The molecule has 0 aromatic carbocycles. The van der Waals surface area contributed by atoms with Gasteiger partial charge in [-0.3, -0.25) is 0 Å². The number of nitrogens with zero attached hydrogens (tertiary/aromatic N) is 2. The molecule has 2 heterocycles. The minimum atomic E-state index is -3.07. The summed E-state index contributed by atoms with van der Waals surface area (Å²) in [5.41, 5.74) is 6.63. The van der Waals surface area contributed by atoms with Crippen LogP contribution in [0.3, 0.4) is 0 Å². The van der Waals surface area contributed by atoms with E-state index in [1.165, 1.54) is 17.6 Å². The van der Waals surface area contributed by atoms with Crippen LogP contribution in [0.1, 0.15) is 41.9 Å². The third-order valence-electron chi connectivity index (χ3n) is 4.02. The Hall–Kier alpha value is -0.960. The van der Waals surface area contributed by atoms with Crippen LogP contribution < -0.4 is 5.73 Å². The topological polar surface area (TPSA) is 99.1 Å². The molecule has 1 fully saturated rings. The lowest BCUT2D eigenvalue weighted by Crippen LogP contribution is -2.34. The van der Waals surface area contributed by atoms with Gasteiger partial charge in [0.05, 0.1) is 16.2 Å². The standard InChI is InChI=1S/C14H19N3O3S2.ClH/c1-9-10(8-22(2,18)19)7-11(21-9)12-16-13(17-20-12)14(15)5-3-4-6-14;/h7H,3-6,8,15H2,1-2H3;1H. The molecule has 2 aromatic heterocycles. The van der Waals surface area contributed by atoms with Crippen LogP contribution in [0.5, 0.6) is 0 Å². The number of hydrogen-bond acceptors (Lipinski definition) is 7. The second-order valence-electron chi connectivity index (χ2n) is 6.05. The monoisotopic (exact) mass is 377 g/mol. The predicted molar refractivity (Wildman–Crippen MR) is 92.5 cm³/mol. The van der Waals surface area contributed by atoms with Crippen molar-refractivity contribution in [2.45, 2.75) is 43.9 Å². The molecule has 0 bridgehead atoms. The largest absolute Gasteiger partial charge is 0.333 e. The Kier molecular flexibility index (Phi) is 5.20. The molecule has 0 aliphatic heterocycles. The van der Waals surface area contributed by atoms with Gasteiger partial charge in [-0.2, -0.15) is 4.98 Å². The van der Waals surface area contributed by atoms with Gasteiger partial charge < -0.3 is 10.3 Å². The third-order valence-corrected chi connectivity index (χ3v) is 5.93. The maximum Gasteiger partial charge on any atom is 0.268 e. The van der Waals surface area contributed by atoms with Crippen LogP contribution in [0.4, 0.5) is 0 Å². The van der Waals surface area contributed by atoms with Crippen molar-refractivity contribution in [3.63, 3.8) is 0 Å². The molecule has 0 unspecified atom stereocenters. The van der Waals surface area contributed by atoms with E-state index in [2.05, 4.69) is 10.1 Å². The van der Waals surface area contributed by atoms with Gasteiger partial charge in [0.15, 0.2) is 15.7 Å². The van der Waals surface area contributed by atoms with Crippen molar-refractivity contribution in [1.29, 1.82) is 0 Å². The van der Waals surface area contributed by atoms with E-state index in [1.54, 1.807) is 0 Å². The van der Waals surface area contributed by atoms with Crippen molar-refractivity contribution >= 4 is 33.6 Å². The first kappa shape index (κ1) is 18.4. The van der Waals surface area contributed by atoms with Crippen LogP contribution in [0.25, 0.3) is 10.8 Å². The van der Waals surface area contributed by atoms with E-state index in [0.29, 0.717) is 11.7 Å². The molecule has 9 heteroatoms. The van der Waals surface area contributed by atoms with Gasteiger partial charge in [-0.1, -0.05) is 18.0 Å². The molecule has 1 aliphatic carbocycles. The Morgan fingerprint density at radius 3 is 2.65 bits per heavy atom. The van der Waals surface area contributed by atoms with Crippen LogP contribution >= 0.6 is 23.7 Å². The van der Waals surface area contributed by atoms with E-state index >= 15 is 0 Å². The average molecular weight is 378 g/mol. The Bertz CT molecular complexity index is 792. The van der Waals surface area contributed by atoms with Crippen LogP contribution in [0.2, 0.25) is 0 Å². The van der Waals surface area contributed by atoms with Crippen molar-refractivity contribution in [1.82, 2.24) is 10.1 Å². The van der Waals surface area contributed by atoms with Gasteiger partial charge in [-0.05, 0) is 31.4 Å². The highest BCUT2D eigenvalue weighted by atomic mass is 35.5. The van der Waals surface area contributed by atoms with Crippen LogP contribution in [-0.2, 0) is 21.1 Å². The molecule has 1 saturated carbocycles. The van der Waals surface area contributed by atoms with Gasteiger partial charge in [-0.15, -0.1) is 23.7 Å². The van der Waals surface area contributed by atoms with E-state index in [9.17, 15) is 8.42 Å². The normalized spacial score (nSPS) is 17.2. The van der Waals surface area contributed by atoms with Gasteiger partial charge in [0.25, 0.3) is 5.89 Å². The highest BCUT2D eigenvalue weighted by Gasteiger charge is 2.36. The van der Waals surface area contributed by atoms with E-state index in [1.807, 2.05) is 13.0 Å². The van der Waals surface area contributed by atoms with Crippen LogP contribution in [0.15, 0.2) is 10.6 Å². The summed E-state index contributed by atoms with van der Waals surface area (Å²) in [7, 11) is -3.07. The second-order valence-corrected chi connectivity index (χ2v) is 9.45. The highest BCUT2D eigenvalue weighted by Crippen LogP contribution is 2.37. The van der Waals surface area contributed by atoms with E-state index in [0.717, 1.165) is 41.0 Å².